The van der Waals surface area contributed by atoms with Crippen LogP contribution in [0.25, 0.3) is 10.4 Å². The van der Waals surface area contributed by atoms with Crippen LogP contribution in [0.3, 0.4) is 0 Å². The fraction of sp³-hybridized carbons (Fsp3) is 0.571. The maximum Gasteiger partial charge on any atom is 0.408 e. The maximum atomic E-state index is 12.4. The van der Waals surface area contributed by atoms with E-state index in [-0.39, 0.29) is 39.1 Å². The molecule has 0 saturated carbocycles. The van der Waals surface area contributed by atoms with E-state index in [4.69, 9.17) is 30.2 Å². The van der Waals surface area contributed by atoms with Gasteiger partial charge in [0.1, 0.15) is 12.6 Å². The predicted octanol–water partition coefficient (Wildman–Crippen LogP) is 1.02. The number of azide groups is 1. The van der Waals surface area contributed by atoms with Gasteiger partial charge in [-0.3, -0.25) is 9.59 Å². The summed E-state index contributed by atoms with van der Waals surface area (Å²) >= 11 is 0. The fourth-order valence-corrected chi connectivity index (χ4v) is 2.52. The molecule has 34 heavy (non-hydrogen) atoms. The lowest BCUT2D eigenvalue weighted by molar-refractivity contribution is -0.123. The number of carbonyl (C=O) groups excluding carboxylic acids is 3. The number of benzene rings is 1. The van der Waals surface area contributed by atoms with Gasteiger partial charge in [-0.15, -0.1) is 0 Å². The Morgan fingerprint density at radius 2 is 1.65 bits per heavy atom. The van der Waals surface area contributed by atoms with Crippen molar-refractivity contribution in [3.05, 3.63) is 46.3 Å². The van der Waals surface area contributed by atoms with Crippen LogP contribution in [-0.4, -0.2) is 76.7 Å². The van der Waals surface area contributed by atoms with E-state index in [1.807, 2.05) is 18.2 Å². The molecule has 1 rings (SSSR count). The number of nitrogens with one attached hydrogen (secondary N) is 2. The zero-order chi connectivity index (χ0) is 24.9. The molecule has 188 valence electrons. The summed E-state index contributed by atoms with van der Waals surface area (Å²) in [6.45, 7) is 2.53. The maximum absolute atomic E-state index is 12.4. The van der Waals surface area contributed by atoms with E-state index in [0.29, 0.717) is 33.0 Å². The SMILES string of the molecule is [N-]=[N+]=NCCOCCOCCOCCNC(=O)[C@H](CCC(N)=O)NC(=O)OCc1ccccc1. The highest BCUT2D eigenvalue weighted by molar-refractivity contribution is 5.86. The minimum absolute atomic E-state index is 0.0429. The Bertz CT molecular complexity index is 774. The summed E-state index contributed by atoms with van der Waals surface area (Å²) in [6, 6.07) is 8.11. The van der Waals surface area contributed by atoms with Gasteiger partial charge in [0.25, 0.3) is 0 Å². The molecule has 0 bridgehead atoms. The Labute approximate surface area is 197 Å². The Morgan fingerprint density at radius 1 is 1.00 bits per heavy atom. The third-order valence-electron chi connectivity index (χ3n) is 4.19. The summed E-state index contributed by atoms with van der Waals surface area (Å²) in [5.41, 5.74) is 14.1. The Hall–Kier alpha value is -3.38. The smallest absolute Gasteiger partial charge is 0.408 e. The first-order chi connectivity index (χ1) is 16.5. The van der Waals surface area contributed by atoms with E-state index in [1.54, 1.807) is 12.1 Å². The van der Waals surface area contributed by atoms with E-state index in [0.717, 1.165) is 5.56 Å². The first-order valence-corrected chi connectivity index (χ1v) is 10.8. The van der Waals surface area contributed by atoms with Crippen LogP contribution in [0.2, 0.25) is 0 Å². The minimum Gasteiger partial charge on any atom is -0.445 e. The highest BCUT2D eigenvalue weighted by atomic mass is 16.6. The van der Waals surface area contributed by atoms with E-state index < -0.39 is 23.9 Å². The molecule has 0 radical (unpaired) electrons. The van der Waals surface area contributed by atoms with Crippen molar-refractivity contribution in [1.29, 1.82) is 0 Å². The topological polar surface area (TPSA) is 187 Å². The lowest BCUT2D eigenvalue weighted by atomic mass is 10.1. The monoisotopic (exact) mass is 480 g/mol. The molecule has 0 aromatic heterocycles. The summed E-state index contributed by atoms with van der Waals surface area (Å²) in [6.07, 6.45) is -0.801. The van der Waals surface area contributed by atoms with Gasteiger partial charge in [-0.2, -0.15) is 0 Å². The second-order valence-electron chi connectivity index (χ2n) is 6.85. The van der Waals surface area contributed by atoms with Crippen molar-refractivity contribution >= 4 is 17.9 Å². The molecular formula is C21H32N6O7. The number of hydrogen-bond acceptors (Lipinski definition) is 8. The van der Waals surface area contributed by atoms with E-state index >= 15 is 0 Å². The van der Waals surface area contributed by atoms with Crippen LogP contribution in [0.15, 0.2) is 35.4 Å². The average Bonchev–Trinajstić information content (AvgIpc) is 2.83. The summed E-state index contributed by atoms with van der Waals surface area (Å²) in [7, 11) is 0. The molecule has 13 nitrogen and oxygen atoms in total. The first kappa shape index (κ1) is 28.7. The lowest BCUT2D eigenvalue weighted by Gasteiger charge is -2.18. The molecule has 0 fully saturated rings. The van der Waals surface area contributed by atoms with Crippen LogP contribution in [-0.2, 0) is 35.1 Å². The molecular weight excluding hydrogens is 448 g/mol. The summed E-state index contributed by atoms with van der Waals surface area (Å²) in [5.74, 6) is -1.06. The zero-order valence-corrected chi connectivity index (χ0v) is 19.0. The van der Waals surface area contributed by atoms with Gasteiger partial charge in [-0.1, -0.05) is 35.4 Å². The molecule has 1 aromatic rings. The van der Waals surface area contributed by atoms with Crippen molar-refractivity contribution in [2.24, 2.45) is 10.8 Å². The first-order valence-electron chi connectivity index (χ1n) is 10.8. The van der Waals surface area contributed by atoms with E-state index in [9.17, 15) is 14.4 Å². The second-order valence-corrected chi connectivity index (χ2v) is 6.85. The zero-order valence-electron chi connectivity index (χ0n) is 19.0. The highest BCUT2D eigenvalue weighted by Gasteiger charge is 2.21. The molecule has 0 spiro atoms. The van der Waals surface area contributed by atoms with Gasteiger partial charge in [0.05, 0.1) is 39.6 Å². The van der Waals surface area contributed by atoms with Gasteiger partial charge >= 0.3 is 6.09 Å². The van der Waals surface area contributed by atoms with Crippen LogP contribution in [0.1, 0.15) is 18.4 Å². The lowest BCUT2D eigenvalue weighted by Crippen LogP contribution is -2.48. The Balaban J connectivity index is 2.20. The number of carbonyl (C=O) groups is 3. The quantitative estimate of drug-likeness (QED) is 0.114. The molecule has 3 amide bonds. The molecule has 0 unspecified atom stereocenters. The molecule has 0 saturated heterocycles. The highest BCUT2D eigenvalue weighted by Crippen LogP contribution is 2.03. The van der Waals surface area contributed by atoms with Gasteiger partial charge in [-0.05, 0) is 17.5 Å². The van der Waals surface area contributed by atoms with Crippen LogP contribution < -0.4 is 16.4 Å². The van der Waals surface area contributed by atoms with Crippen LogP contribution in [0.4, 0.5) is 4.79 Å². The number of primary amides is 1. The van der Waals surface area contributed by atoms with Gasteiger partial charge < -0.3 is 35.3 Å². The summed E-state index contributed by atoms with van der Waals surface area (Å²) < 4.78 is 21.0. The van der Waals surface area contributed by atoms with Crippen molar-refractivity contribution in [1.82, 2.24) is 10.6 Å². The average molecular weight is 481 g/mol. The van der Waals surface area contributed by atoms with Gasteiger partial charge in [0, 0.05) is 24.4 Å². The molecule has 0 heterocycles. The summed E-state index contributed by atoms with van der Waals surface area (Å²) in [5, 5.41) is 8.44. The predicted molar refractivity (Wildman–Crippen MR) is 121 cm³/mol. The van der Waals surface area contributed by atoms with Crippen LogP contribution in [0, 0.1) is 0 Å². The third-order valence-corrected chi connectivity index (χ3v) is 4.19. The number of rotatable bonds is 19. The molecule has 0 aliphatic rings. The Kier molecular flexibility index (Phi) is 16.1. The van der Waals surface area contributed by atoms with E-state index in [2.05, 4.69) is 20.7 Å². The molecule has 1 aromatic carbocycles. The fourth-order valence-electron chi connectivity index (χ4n) is 2.52. The molecule has 0 aliphatic heterocycles. The Morgan fingerprint density at radius 3 is 2.29 bits per heavy atom. The molecule has 0 aliphatic carbocycles. The molecule has 13 heteroatoms. The number of hydrogen-bond donors (Lipinski definition) is 3. The molecule has 4 N–H and O–H groups in total. The van der Waals surface area contributed by atoms with Gasteiger partial charge in [0.2, 0.25) is 11.8 Å². The third kappa shape index (κ3) is 15.4. The van der Waals surface area contributed by atoms with Gasteiger partial charge in [0.15, 0.2) is 0 Å². The van der Waals surface area contributed by atoms with E-state index in [1.165, 1.54) is 0 Å². The molecule has 1 atom stereocenters. The number of nitrogens with two attached hydrogens (primary N) is 1. The van der Waals surface area contributed by atoms with Crippen LogP contribution in [0.5, 0.6) is 0 Å². The van der Waals surface area contributed by atoms with Crippen molar-refractivity contribution in [2.75, 3.05) is 52.7 Å². The number of amides is 3. The van der Waals surface area contributed by atoms with Crippen molar-refractivity contribution in [3.63, 3.8) is 0 Å². The normalized spacial score (nSPS) is 11.2. The second kappa shape index (κ2) is 19.1. The van der Waals surface area contributed by atoms with Crippen LogP contribution >= 0.6 is 0 Å². The van der Waals surface area contributed by atoms with Crippen molar-refractivity contribution < 1.29 is 33.3 Å². The minimum atomic E-state index is -0.974. The number of ether oxygens (including phenoxy) is 4. The largest absolute Gasteiger partial charge is 0.445 e. The van der Waals surface area contributed by atoms with Crippen molar-refractivity contribution in [2.45, 2.75) is 25.5 Å². The number of alkyl carbamates (subject to hydrolysis) is 1. The number of nitrogens with zero attached hydrogens (tertiary/aromatic N) is 3. The van der Waals surface area contributed by atoms with Crippen molar-refractivity contribution in [3.8, 4) is 0 Å². The van der Waals surface area contributed by atoms with Gasteiger partial charge in [-0.25, -0.2) is 4.79 Å². The summed E-state index contributed by atoms with van der Waals surface area (Å²) in [4.78, 5) is 38.2. The standard InChI is InChI=1S/C21H32N6O7/c22-19(28)7-6-18(26-21(30)34-16-17-4-2-1-3-5-17)20(29)24-8-10-31-12-14-33-15-13-32-11-9-25-27-23/h1-5,18H,6-16H2,(H2,22,28)(H,24,29)(H,26,30)/t18-/m0/s1.